The van der Waals surface area contributed by atoms with Crippen LogP contribution in [-0.4, -0.2) is 21.0 Å². The van der Waals surface area contributed by atoms with Gasteiger partial charge in [0.2, 0.25) is 11.9 Å². The molecule has 0 spiro atoms. The fourth-order valence-electron chi connectivity index (χ4n) is 2.22. The van der Waals surface area contributed by atoms with Crippen molar-refractivity contribution < 1.29 is 9.90 Å². The van der Waals surface area contributed by atoms with E-state index in [0.717, 1.165) is 16.9 Å². The van der Waals surface area contributed by atoms with Crippen LogP contribution in [0.4, 0.5) is 17.3 Å². The van der Waals surface area contributed by atoms with E-state index in [1.165, 1.54) is 6.92 Å². The van der Waals surface area contributed by atoms with Gasteiger partial charge < -0.3 is 15.7 Å². The van der Waals surface area contributed by atoms with Crippen LogP contribution in [0.3, 0.4) is 0 Å². The highest BCUT2D eigenvalue weighted by Gasteiger charge is 2.04. The van der Waals surface area contributed by atoms with Crippen molar-refractivity contribution in [3.8, 4) is 17.0 Å². The summed E-state index contributed by atoms with van der Waals surface area (Å²) in [5.41, 5.74) is 3.10. The lowest BCUT2D eigenvalue weighted by molar-refractivity contribution is -0.114. The van der Waals surface area contributed by atoms with Crippen molar-refractivity contribution in [2.45, 2.75) is 6.92 Å². The van der Waals surface area contributed by atoms with Crippen LogP contribution in [-0.2, 0) is 4.79 Å². The van der Waals surface area contributed by atoms with Crippen LogP contribution in [0.1, 0.15) is 6.92 Å². The molecule has 3 rings (SSSR count). The summed E-state index contributed by atoms with van der Waals surface area (Å²) < 4.78 is 0. The molecule has 120 valence electrons. The van der Waals surface area contributed by atoms with Crippen molar-refractivity contribution in [2.24, 2.45) is 0 Å². The topological polar surface area (TPSA) is 87.1 Å². The molecule has 0 unspecified atom stereocenters. The van der Waals surface area contributed by atoms with Gasteiger partial charge in [0, 0.05) is 36.1 Å². The van der Waals surface area contributed by atoms with Gasteiger partial charge in [-0.1, -0.05) is 18.2 Å². The number of carbonyl (C=O) groups excluding carboxylic acids is 1. The van der Waals surface area contributed by atoms with Gasteiger partial charge in [-0.25, -0.2) is 9.97 Å². The van der Waals surface area contributed by atoms with Crippen LogP contribution >= 0.6 is 0 Å². The van der Waals surface area contributed by atoms with Crippen LogP contribution in [0.15, 0.2) is 60.8 Å². The third-order valence-electron chi connectivity index (χ3n) is 3.26. The molecule has 0 saturated heterocycles. The Labute approximate surface area is 139 Å². The van der Waals surface area contributed by atoms with Crippen molar-refractivity contribution in [3.63, 3.8) is 0 Å². The molecule has 0 radical (unpaired) electrons. The molecule has 3 N–H and O–H groups in total. The summed E-state index contributed by atoms with van der Waals surface area (Å²) >= 11 is 0. The molecular weight excluding hydrogens is 304 g/mol. The predicted octanol–water partition coefficient (Wildman–Crippen LogP) is 3.55. The summed E-state index contributed by atoms with van der Waals surface area (Å²) in [6.07, 6.45) is 1.66. The Kier molecular flexibility index (Phi) is 4.38. The van der Waals surface area contributed by atoms with Crippen LogP contribution in [0, 0.1) is 0 Å². The smallest absolute Gasteiger partial charge is 0.227 e. The van der Waals surface area contributed by atoms with Gasteiger partial charge in [0.15, 0.2) is 0 Å². The number of nitrogens with one attached hydrogen (secondary N) is 2. The minimum absolute atomic E-state index is 0.109. The van der Waals surface area contributed by atoms with E-state index in [0.29, 0.717) is 11.6 Å². The molecule has 0 aliphatic heterocycles. The highest BCUT2D eigenvalue weighted by atomic mass is 16.3. The molecule has 1 amide bonds. The summed E-state index contributed by atoms with van der Waals surface area (Å²) in [6.45, 7) is 1.47. The van der Waals surface area contributed by atoms with Crippen molar-refractivity contribution >= 4 is 23.2 Å². The van der Waals surface area contributed by atoms with Crippen molar-refractivity contribution in [1.82, 2.24) is 9.97 Å². The Bertz CT molecular complexity index is 863. The van der Waals surface area contributed by atoms with E-state index in [4.69, 9.17) is 0 Å². The summed E-state index contributed by atoms with van der Waals surface area (Å²) in [6, 6.07) is 16.0. The number of nitrogens with zero attached hydrogens (tertiary/aromatic N) is 2. The number of benzene rings is 2. The van der Waals surface area contributed by atoms with Gasteiger partial charge in [-0.05, 0) is 30.3 Å². The molecule has 24 heavy (non-hydrogen) atoms. The second-order valence-corrected chi connectivity index (χ2v) is 5.20. The molecule has 0 fully saturated rings. The van der Waals surface area contributed by atoms with Gasteiger partial charge in [0.25, 0.3) is 0 Å². The zero-order valence-corrected chi connectivity index (χ0v) is 13.0. The Morgan fingerprint density at radius 2 is 1.83 bits per heavy atom. The van der Waals surface area contributed by atoms with E-state index in [2.05, 4.69) is 20.6 Å². The largest absolute Gasteiger partial charge is 0.508 e. The molecule has 0 aliphatic carbocycles. The van der Waals surface area contributed by atoms with Crippen LogP contribution in [0.2, 0.25) is 0 Å². The van der Waals surface area contributed by atoms with Gasteiger partial charge in [0.05, 0.1) is 5.69 Å². The highest BCUT2D eigenvalue weighted by molar-refractivity contribution is 5.88. The average Bonchev–Trinajstić information content (AvgIpc) is 2.55. The fourth-order valence-corrected chi connectivity index (χ4v) is 2.22. The summed E-state index contributed by atoms with van der Waals surface area (Å²) in [5.74, 6) is 0.496. The maximum atomic E-state index is 11.1. The first-order valence-corrected chi connectivity index (χ1v) is 7.37. The van der Waals surface area contributed by atoms with E-state index in [1.807, 2.05) is 30.3 Å². The minimum atomic E-state index is -0.109. The second kappa shape index (κ2) is 6.78. The molecule has 2 aromatic carbocycles. The monoisotopic (exact) mass is 320 g/mol. The first-order valence-electron chi connectivity index (χ1n) is 7.37. The molecule has 6 heteroatoms. The van der Waals surface area contributed by atoms with E-state index in [-0.39, 0.29) is 11.7 Å². The van der Waals surface area contributed by atoms with Crippen LogP contribution in [0.25, 0.3) is 11.3 Å². The number of aromatic hydroxyl groups is 1. The van der Waals surface area contributed by atoms with E-state index < -0.39 is 0 Å². The normalized spacial score (nSPS) is 10.2. The summed E-state index contributed by atoms with van der Waals surface area (Å²) in [5, 5.41) is 15.3. The lowest BCUT2D eigenvalue weighted by atomic mass is 10.1. The first kappa shape index (κ1) is 15.5. The second-order valence-electron chi connectivity index (χ2n) is 5.20. The maximum absolute atomic E-state index is 11.1. The van der Waals surface area contributed by atoms with Gasteiger partial charge in [0.1, 0.15) is 5.75 Å². The fraction of sp³-hybridized carbons (Fsp3) is 0.0556. The lowest BCUT2D eigenvalue weighted by Crippen LogP contribution is -2.05. The number of anilines is 3. The standard InChI is InChI=1S/C18H16N4O2/c1-12(23)20-14-7-5-13(6-8-14)17-9-10-19-18(22-17)21-15-3-2-4-16(24)11-15/h2-11,24H,1H3,(H,20,23)(H,19,21,22). The van der Waals surface area contributed by atoms with Crippen LogP contribution in [0.5, 0.6) is 5.75 Å². The Morgan fingerprint density at radius 3 is 2.54 bits per heavy atom. The quantitative estimate of drug-likeness (QED) is 0.684. The number of aromatic nitrogens is 2. The number of phenolic OH excluding ortho intramolecular Hbond substituents is 1. The summed E-state index contributed by atoms with van der Waals surface area (Å²) in [7, 11) is 0. The molecule has 6 nitrogen and oxygen atoms in total. The number of rotatable bonds is 4. The molecule has 3 aromatic rings. The van der Waals surface area contributed by atoms with Crippen molar-refractivity contribution in [2.75, 3.05) is 10.6 Å². The third-order valence-corrected chi connectivity index (χ3v) is 3.26. The molecule has 0 atom stereocenters. The molecule has 1 heterocycles. The average molecular weight is 320 g/mol. The number of carbonyl (C=O) groups is 1. The third kappa shape index (κ3) is 3.86. The van der Waals surface area contributed by atoms with Crippen molar-refractivity contribution in [3.05, 3.63) is 60.8 Å². The Balaban J connectivity index is 1.81. The zero-order valence-electron chi connectivity index (χ0n) is 13.0. The minimum Gasteiger partial charge on any atom is -0.508 e. The Morgan fingerprint density at radius 1 is 1.04 bits per heavy atom. The maximum Gasteiger partial charge on any atom is 0.227 e. The van der Waals surface area contributed by atoms with Crippen LogP contribution < -0.4 is 10.6 Å². The number of hydrogen-bond donors (Lipinski definition) is 3. The molecule has 0 bridgehead atoms. The van der Waals surface area contributed by atoms with Gasteiger partial charge in [-0.15, -0.1) is 0 Å². The number of phenols is 1. The Hall–Kier alpha value is -3.41. The molecule has 0 saturated carbocycles. The zero-order chi connectivity index (χ0) is 16.9. The summed E-state index contributed by atoms with van der Waals surface area (Å²) in [4.78, 5) is 19.7. The number of hydrogen-bond acceptors (Lipinski definition) is 5. The predicted molar refractivity (Wildman–Crippen MR) is 93.2 cm³/mol. The van der Waals surface area contributed by atoms with Gasteiger partial charge in [-0.2, -0.15) is 0 Å². The molecule has 0 aliphatic rings. The molecular formula is C18H16N4O2. The molecule has 1 aromatic heterocycles. The van der Waals surface area contributed by atoms with Crippen molar-refractivity contribution in [1.29, 1.82) is 0 Å². The van der Waals surface area contributed by atoms with E-state index in [9.17, 15) is 9.90 Å². The SMILES string of the molecule is CC(=O)Nc1ccc(-c2ccnc(Nc3cccc(O)c3)n2)cc1. The number of amides is 1. The van der Waals surface area contributed by atoms with E-state index in [1.54, 1.807) is 30.5 Å². The first-order chi connectivity index (χ1) is 11.6. The lowest BCUT2D eigenvalue weighted by Gasteiger charge is -2.08. The van der Waals surface area contributed by atoms with Gasteiger partial charge >= 0.3 is 0 Å². The highest BCUT2D eigenvalue weighted by Crippen LogP contribution is 2.22. The van der Waals surface area contributed by atoms with E-state index >= 15 is 0 Å². The van der Waals surface area contributed by atoms with Gasteiger partial charge in [-0.3, -0.25) is 4.79 Å².